The first-order chi connectivity index (χ1) is 18.8. The van der Waals surface area contributed by atoms with E-state index in [1.807, 2.05) is 37.3 Å². The SMILES string of the molecule is COc1ccc(NC(=O)CN2C(=O)C(=C3SC(=S)N(C(C)c4ccccc4)C3=O)c3ccccc32)c(OC)c1. The van der Waals surface area contributed by atoms with Gasteiger partial charge in [-0.15, -0.1) is 0 Å². The minimum absolute atomic E-state index is 0.250. The van der Waals surface area contributed by atoms with Crippen LogP contribution in [0, 0.1) is 0 Å². The number of nitrogens with zero attached hydrogens (tertiary/aromatic N) is 2. The molecule has 3 aromatic carbocycles. The molecule has 1 fully saturated rings. The topological polar surface area (TPSA) is 88.2 Å². The number of methoxy groups -OCH3 is 2. The quantitative estimate of drug-likeness (QED) is 0.321. The van der Waals surface area contributed by atoms with Gasteiger partial charge in [0.2, 0.25) is 5.91 Å². The Hall–Kier alpha value is -4.15. The number of carbonyl (C=O) groups excluding carboxylic acids is 3. The molecule has 0 aliphatic carbocycles. The largest absolute Gasteiger partial charge is 0.497 e. The number of thiocarbonyl (C=S) groups is 1. The second-order valence-corrected chi connectivity index (χ2v) is 10.5. The normalized spacial score (nSPS) is 17.4. The Morgan fingerprint density at radius 2 is 1.69 bits per heavy atom. The molecule has 1 atom stereocenters. The maximum absolute atomic E-state index is 13.8. The summed E-state index contributed by atoms with van der Waals surface area (Å²) >= 11 is 6.69. The van der Waals surface area contributed by atoms with E-state index in [-0.39, 0.29) is 29.0 Å². The van der Waals surface area contributed by atoms with Crippen LogP contribution in [-0.2, 0) is 14.4 Å². The molecule has 1 N–H and O–H groups in total. The molecule has 10 heteroatoms. The number of ether oxygens (including phenoxy) is 2. The third-order valence-electron chi connectivity index (χ3n) is 6.60. The maximum atomic E-state index is 13.8. The number of hydrogen-bond acceptors (Lipinski definition) is 7. The highest BCUT2D eigenvalue weighted by Gasteiger charge is 2.43. The molecule has 0 spiro atoms. The lowest BCUT2D eigenvalue weighted by Crippen LogP contribution is -2.36. The standard InChI is InChI=1S/C29H25N3O5S2/c1-17(18-9-5-4-6-10-18)32-28(35)26(39-29(32)38)25-20-11-7-8-12-22(20)31(27(25)34)16-24(33)30-21-14-13-19(36-2)15-23(21)37-3/h4-15,17H,16H2,1-3H3,(H,30,33). The van der Waals surface area contributed by atoms with Crippen LogP contribution in [0.3, 0.4) is 0 Å². The molecule has 2 aliphatic rings. The van der Waals surface area contributed by atoms with E-state index in [0.29, 0.717) is 32.8 Å². The van der Waals surface area contributed by atoms with Gasteiger partial charge in [-0.3, -0.25) is 24.2 Å². The number of nitrogens with one attached hydrogen (secondary N) is 1. The molecule has 0 radical (unpaired) electrons. The van der Waals surface area contributed by atoms with Gasteiger partial charge in [0, 0.05) is 11.6 Å². The fourth-order valence-corrected chi connectivity index (χ4v) is 6.13. The molecule has 2 heterocycles. The van der Waals surface area contributed by atoms with Gasteiger partial charge >= 0.3 is 0 Å². The molecule has 198 valence electrons. The average molecular weight is 560 g/mol. The summed E-state index contributed by atoms with van der Waals surface area (Å²) in [5, 5.41) is 2.80. The van der Waals surface area contributed by atoms with Crippen LogP contribution in [0.25, 0.3) is 5.57 Å². The molecular weight excluding hydrogens is 534 g/mol. The van der Waals surface area contributed by atoms with Crippen LogP contribution >= 0.6 is 24.0 Å². The van der Waals surface area contributed by atoms with Crippen LogP contribution in [0.5, 0.6) is 11.5 Å². The van der Waals surface area contributed by atoms with Crippen molar-refractivity contribution in [2.75, 3.05) is 31.0 Å². The van der Waals surface area contributed by atoms with Crippen LogP contribution in [0.15, 0.2) is 77.7 Å². The van der Waals surface area contributed by atoms with E-state index in [0.717, 1.165) is 17.3 Å². The Kier molecular flexibility index (Phi) is 7.40. The second kappa shape index (κ2) is 10.9. The second-order valence-electron chi connectivity index (χ2n) is 8.86. The molecule has 2 aliphatic heterocycles. The number of thioether (sulfide) groups is 1. The zero-order valence-corrected chi connectivity index (χ0v) is 23.1. The minimum atomic E-state index is -0.430. The van der Waals surface area contributed by atoms with E-state index in [1.54, 1.807) is 47.4 Å². The molecule has 3 amide bonds. The van der Waals surface area contributed by atoms with Crippen molar-refractivity contribution in [1.29, 1.82) is 0 Å². The van der Waals surface area contributed by atoms with Gasteiger partial charge in [0.15, 0.2) is 0 Å². The van der Waals surface area contributed by atoms with E-state index < -0.39 is 11.8 Å². The number of para-hydroxylation sites is 1. The molecule has 39 heavy (non-hydrogen) atoms. The number of amides is 3. The summed E-state index contributed by atoms with van der Waals surface area (Å²) in [6.45, 7) is 1.65. The van der Waals surface area contributed by atoms with Gasteiger partial charge in [-0.1, -0.05) is 72.5 Å². The predicted molar refractivity (Wildman–Crippen MR) is 156 cm³/mol. The minimum Gasteiger partial charge on any atom is -0.497 e. The summed E-state index contributed by atoms with van der Waals surface area (Å²) < 4.78 is 11.0. The van der Waals surface area contributed by atoms with E-state index >= 15 is 0 Å². The Balaban J connectivity index is 1.43. The zero-order valence-electron chi connectivity index (χ0n) is 21.5. The monoisotopic (exact) mass is 559 g/mol. The Morgan fingerprint density at radius 1 is 0.974 bits per heavy atom. The van der Waals surface area contributed by atoms with Crippen molar-refractivity contribution in [2.45, 2.75) is 13.0 Å². The van der Waals surface area contributed by atoms with Gasteiger partial charge in [0.25, 0.3) is 11.8 Å². The summed E-state index contributed by atoms with van der Waals surface area (Å²) in [4.78, 5) is 43.7. The zero-order chi connectivity index (χ0) is 27.7. The van der Waals surface area contributed by atoms with Crippen molar-refractivity contribution in [3.05, 3.63) is 88.8 Å². The summed E-state index contributed by atoms with van der Waals surface area (Å²) in [7, 11) is 3.03. The smallest absolute Gasteiger partial charge is 0.267 e. The molecular formula is C29H25N3O5S2. The van der Waals surface area contributed by atoms with Crippen LogP contribution in [-0.4, -0.2) is 47.7 Å². The molecule has 1 unspecified atom stereocenters. The first kappa shape index (κ1) is 26.5. The summed E-state index contributed by atoms with van der Waals surface area (Å²) in [5.41, 5.74) is 2.77. The van der Waals surface area contributed by atoms with Crippen LogP contribution < -0.4 is 19.7 Å². The summed E-state index contributed by atoms with van der Waals surface area (Å²) in [5.74, 6) is -0.174. The molecule has 1 saturated heterocycles. The van der Waals surface area contributed by atoms with Crippen molar-refractivity contribution in [3.63, 3.8) is 0 Å². The van der Waals surface area contributed by atoms with Crippen molar-refractivity contribution >= 4 is 63.0 Å². The Bertz CT molecular complexity index is 1520. The number of rotatable bonds is 7. The van der Waals surface area contributed by atoms with E-state index in [9.17, 15) is 14.4 Å². The van der Waals surface area contributed by atoms with E-state index in [2.05, 4.69) is 5.32 Å². The lowest BCUT2D eigenvalue weighted by Gasteiger charge is -2.23. The molecule has 3 aromatic rings. The van der Waals surface area contributed by atoms with Gasteiger partial charge in [-0.25, -0.2) is 0 Å². The molecule has 5 rings (SSSR count). The summed E-state index contributed by atoms with van der Waals surface area (Å²) in [6.07, 6.45) is 0. The van der Waals surface area contributed by atoms with Gasteiger partial charge in [0.1, 0.15) is 22.4 Å². The summed E-state index contributed by atoms with van der Waals surface area (Å²) in [6, 6.07) is 21.4. The van der Waals surface area contributed by atoms with E-state index in [1.165, 1.54) is 19.1 Å². The number of anilines is 2. The highest BCUT2D eigenvalue weighted by molar-refractivity contribution is 8.26. The molecule has 0 bridgehead atoms. The van der Waals surface area contributed by atoms with Gasteiger partial charge < -0.3 is 14.8 Å². The van der Waals surface area contributed by atoms with Crippen molar-refractivity contribution in [1.82, 2.24) is 4.90 Å². The number of hydrogen-bond donors (Lipinski definition) is 1. The number of carbonyl (C=O) groups is 3. The Morgan fingerprint density at radius 3 is 2.41 bits per heavy atom. The van der Waals surface area contributed by atoms with Crippen LogP contribution in [0.1, 0.15) is 24.1 Å². The maximum Gasteiger partial charge on any atom is 0.267 e. The van der Waals surface area contributed by atoms with E-state index in [4.69, 9.17) is 21.7 Å². The Labute approximate surface area is 235 Å². The molecule has 0 saturated carbocycles. The average Bonchev–Trinajstić information content (AvgIpc) is 3.39. The number of fused-ring (bicyclic) bond motifs is 1. The first-order valence-electron chi connectivity index (χ1n) is 12.1. The van der Waals surface area contributed by atoms with Crippen LogP contribution in [0.2, 0.25) is 0 Å². The van der Waals surface area contributed by atoms with Gasteiger partial charge in [-0.2, -0.15) is 0 Å². The van der Waals surface area contributed by atoms with Crippen LogP contribution in [0.4, 0.5) is 11.4 Å². The van der Waals surface area contributed by atoms with Gasteiger partial charge in [0.05, 0.1) is 42.1 Å². The first-order valence-corrected chi connectivity index (χ1v) is 13.3. The predicted octanol–water partition coefficient (Wildman–Crippen LogP) is 5.02. The number of benzene rings is 3. The van der Waals surface area contributed by atoms with Crippen molar-refractivity contribution in [2.24, 2.45) is 0 Å². The fourth-order valence-electron chi connectivity index (χ4n) is 4.64. The highest BCUT2D eigenvalue weighted by Crippen LogP contribution is 2.46. The molecule has 0 aromatic heterocycles. The highest BCUT2D eigenvalue weighted by atomic mass is 32.2. The fraction of sp³-hybridized carbons (Fsp3) is 0.172. The van der Waals surface area contributed by atoms with Gasteiger partial charge in [-0.05, 0) is 30.7 Å². The van der Waals surface area contributed by atoms with Crippen molar-refractivity contribution < 1.29 is 23.9 Å². The van der Waals surface area contributed by atoms with Crippen molar-refractivity contribution in [3.8, 4) is 11.5 Å². The third-order valence-corrected chi connectivity index (χ3v) is 8.00. The lowest BCUT2D eigenvalue weighted by molar-refractivity contribution is -0.123. The third kappa shape index (κ3) is 4.88. The lowest BCUT2D eigenvalue weighted by atomic mass is 10.1. The molecule has 8 nitrogen and oxygen atoms in total.